The first-order valence-electron chi connectivity index (χ1n) is 6.52. The molecule has 0 atom stereocenters. The van der Waals surface area contributed by atoms with Gasteiger partial charge in [0.25, 0.3) is 5.91 Å². The monoisotopic (exact) mass is 289 g/mol. The molecule has 1 aliphatic carbocycles. The van der Waals surface area contributed by atoms with Crippen molar-refractivity contribution in [1.29, 1.82) is 0 Å². The first kappa shape index (κ1) is 13.1. The van der Waals surface area contributed by atoms with Gasteiger partial charge in [-0.3, -0.25) is 4.79 Å². The molecular formula is C16H13ClFNO. The Balaban J connectivity index is 1.82. The molecule has 0 unspecified atom stereocenters. The molecule has 0 fully saturated rings. The van der Waals surface area contributed by atoms with Crippen LogP contribution in [0.4, 0.5) is 10.1 Å². The van der Waals surface area contributed by atoms with E-state index in [9.17, 15) is 9.18 Å². The Morgan fingerprint density at radius 3 is 2.70 bits per heavy atom. The summed E-state index contributed by atoms with van der Waals surface area (Å²) in [6.45, 7) is 0. The average molecular weight is 290 g/mol. The molecule has 1 aliphatic rings. The van der Waals surface area contributed by atoms with E-state index in [-0.39, 0.29) is 10.6 Å². The van der Waals surface area contributed by atoms with Crippen molar-refractivity contribution in [2.45, 2.75) is 19.3 Å². The van der Waals surface area contributed by atoms with Gasteiger partial charge in [-0.2, -0.15) is 0 Å². The van der Waals surface area contributed by atoms with Crippen LogP contribution < -0.4 is 5.32 Å². The van der Waals surface area contributed by atoms with Crippen molar-refractivity contribution in [3.8, 4) is 0 Å². The van der Waals surface area contributed by atoms with Crippen molar-refractivity contribution in [1.82, 2.24) is 0 Å². The van der Waals surface area contributed by atoms with E-state index in [1.807, 2.05) is 18.2 Å². The summed E-state index contributed by atoms with van der Waals surface area (Å²) in [4.78, 5) is 12.1. The Kier molecular flexibility index (Phi) is 3.45. The summed E-state index contributed by atoms with van der Waals surface area (Å²) < 4.78 is 13.7. The number of fused-ring (bicyclic) bond motifs is 1. The largest absolute Gasteiger partial charge is 0.322 e. The smallest absolute Gasteiger partial charge is 0.258 e. The maximum atomic E-state index is 13.7. The number of carbonyl (C=O) groups is 1. The second-order valence-corrected chi connectivity index (χ2v) is 5.35. The zero-order valence-electron chi connectivity index (χ0n) is 10.7. The van der Waals surface area contributed by atoms with Gasteiger partial charge >= 0.3 is 0 Å². The molecule has 102 valence electrons. The SMILES string of the molecule is O=C(Nc1ccc2c(c1)CCC2)c1ccc(Cl)cc1F. The minimum atomic E-state index is -0.615. The van der Waals surface area contributed by atoms with E-state index in [2.05, 4.69) is 5.32 Å². The Morgan fingerprint density at radius 2 is 1.90 bits per heavy atom. The highest BCUT2D eigenvalue weighted by molar-refractivity contribution is 6.30. The minimum Gasteiger partial charge on any atom is -0.322 e. The zero-order valence-corrected chi connectivity index (χ0v) is 11.5. The summed E-state index contributed by atoms with van der Waals surface area (Å²) in [5, 5.41) is 3.00. The fourth-order valence-electron chi connectivity index (χ4n) is 2.52. The lowest BCUT2D eigenvalue weighted by Gasteiger charge is -2.08. The number of aryl methyl sites for hydroxylation is 2. The maximum absolute atomic E-state index is 13.7. The fourth-order valence-corrected chi connectivity index (χ4v) is 2.68. The normalized spacial score (nSPS) is 13.1. The summed E-state index contributed by atoms with van der Waals surface area (Å²) >= 11 is 5.67. The molecule has 2 nitrogen and oxygen atoms in total. The number of hydrogen-bond acceptors (Lipinski definition) is 1. The number of halogens is 2. The van der Waals surface area contributed by atoms with Gasteiger partial charge < -0.3 is 5.32 Å². The van der Waals surface area contributed by atoms with Crippen molar-refractivity contribution < 1.29 is 9.18 Å². The molecule has 1 N–H and O–H groups in total. The third-order valence-electron chi connectivity index (χ3n) is 3.53. The van der Waals surface area contributed by atoms with Crippen LogP contribution in [0.25, 0.3) is 0 Å². The van der Waals surface area contributed by atoms with Crippen LogP contribution in [0, 0.1) is 5.82 Å². The standard InChI is InChI=1S/C16H13ClFNO/c17-12-5-7-14(15(18)9-12)16(20)19-13-6-4-10-2-1-3-11(10)8-13/h4-9H,1-3H2,(H,19,20). The quantitative estimate of drug-likeness (QED) is 0.881. The predicted octanol–water partition coefficient (Wildman–Crippen LogP) is 4.22. The van der Waals surface area contributed by atoms with Crippen molar-refractivity contribution in [2.24, 2.45) is 0 Å². The third-order valence-corrected chi connectivity index (χ3v) is 3.77. The minimum absolute atomic E-state index is 0.00472. The zero-order chi connectivity index (χ0) is 14.1. The highest BCUT2D eigenvalue weighted by Crippen LogP contribution is 2.25. The summed E-state index contributed by atoms with van der Waals surface area (Å²) in [6, 6.07) is 9.88. The summed E-state index contributed by atoms with van der Waals surface area (Å²) in [5.41, 5.74) is 3.29. The van der Waals surface area contributed by atoms with Gasteiger partial charge in [0.15, 0.2) is 0 Å². The van der Waals surface area contributed by atoms with Crippen LogP contribution in [0.2, 0.25) is 5.02 Å². The number of rotatable bonds is 2. The topological polar surface area (TPSA) is 29.1 Å². The van der Waals surface area contributed by atoms with E-state index in [1.165, 1.54) is 23.3 Å². The molecule has 3 rings (SSSR count). The third kappa shape index (κ3) is 2.54. The average Bonchev–Trinajstić information content (AvgIpc) is 2.85. The van der Waals surface area contributed by atoms with Gasteiger partial charge in [0.1, 0.15) is 5.82 Å². The van der Waals surface area contributed by atoms with E-state index < -0.39 is 11.7 Å². The first-order chi connectivity index (χ1) is 9.63. The Bertz CT molecular complexity index is 684. The van der Waals surface area contributed by atoms with Crippen LogP contribution in [0.1, 0.15) is 27.9 Å². The van der Waals surface area contributed by atoms with Crippen LogP contribution in [-0.2, 0) is 12.8 Å². The Morgan fingerprint density at radius 1 is 1.10 bits per heavy atom. The number of anilines is 1. The molecule has 0 heterocycles. The van der Waals surface area contributed by atoms with Crippen molar-refractivity contribution in [3.63, 3.8) is 0 Å². The molecule has 0 aliphatic heterocycles. The van der Waals surface area contributed by atoms with E-state index in [0.29, 0.717) is 5.69 Å². The van der Waals surface area contributed by atoms with Crippen LogP contribution in [0.15, 0.2) is 36.4 Å². The van der Waals surface area contributed by atoms with E-state index >= 15 is 0 Å². The fraction of sp³-hybridized carbons (Fsp3) is 0.188. The second kappa shape index (κ2) is 5.25. The van der Waals surface area contributed by atoms with E-state index in [4.69, 9.17) is 11.6 Å². The highest BCUT2D eigenvalue weighted by Gasteiger charge is 2.14. The van der Waals surface area contributed by atoms with Crippen molar-refractivity contribution >= 4 is 23.2 Å². The predicted molar refractivity (Wildman–Crippen MR) is 77.8 cm³/mol. The number of amides is 1. The molecule has 0 saturated heterocycles. The van der Waals surface area contributed by atoms with Crippen LogP contribution in [-0.4, -0.2) is 5.91 Å². The van der Waals surface area contributed by atoms with Crippen LogP contribution >= 0.6 is 11.6 Å². The number of benzene rings is 2. The lowest BCUT2D eigenvalue weighted by molar-refractivity contribution is 0.102. The molecule has 4 heteroatoms. The molecule has 1 amide bonds. The maximum Gasteiger partial charge on any atom is 0.258 e. The van der Waals surface area contributed by atoms with Gasteiger partial charge in [0, 0.05) is 10.7 Å². The molecule has 0 radical (unpaired) electrons. The molecular weight excluding hydrogens is 277 g/mol. The lowest BCUT2D eigenvalue weighted by atomic mass is 10.1. The first-order valence-corrected chi connectivity index (χ1v) is 6.89. The van der Waals surface area contributed by atoms with Gasteiger partial charge in [-0.1, -0.05) is 17.7 Å². The Labute approximate surface area is 121 Å². The number of carbonyl (C=O) groups excluding carboxylic acids is 1. The lowest BCUT2D eigenvalue weighted by Crippen LogP contribution is -2.13. The van der Waals surface area contributed by atoms with Crippen molar-refractivity contribution in [2.75, 3.05) is 5.32 Å². The molecule has 0 spiro atoms. The summed E-state index contributed by atoms with van der Waals surface area (Å²) in [5.74, 6) is -1.08. The van der Waals surface area contributed by atoms with E-state index in [0.717, 1.165) is 25.3 Å². The van der Waals surface area contributed by atoms with E-state index in [1.54, 1.807) is 0 Å². The summed E-state index contributed by atoms with van der Waals surface area (Å²) in [7, 11) is 0. The van der Waals surface area contributed by atoms with Crippen LogP contribution in [0.5, 0.6) is 0 Å². The van der Waals surface area contributed by atoms with Gasteiger partial charge in [-0.05, 0) is 60.7 Å². The highest BCUT2D eigenvalue weighted by atomic mass is 35.5. The van der Waals surface area contributed by atoms with Gasteiger partial charge in [-0.25, -0.2) is 4.39 Å². The van der Waals surface area contributed by atoms with Crippen LogP contribution in [0.3, 0.4) is 0 Å². The molecule has 0 bridgehead atoms. The van der Waals surface area contributed by atoms with Crippen molar-refractivity contribution in [3.05, 3.63) is 63.9 Å². The molecule has 0 aromatic heterocycles. The van der Waals surface area contributed by atoms with Gasteiger partial charge in [-0.15, -0.1) is 0 Å². The second-order valence-electron chi connectivity index (χ2n) is 4.92. The number of hydrogen-bond donors (Lipinski definition) is 1. The van der Waals surface area contributed by atoms with Gasteiger partial charge in [0.2, 0.25) is 0 Å². The number of nitrogens with one attached hydrogen (secondary N) is 1. The molecule has 0 saturated carbocycles. The molecule has 20 heavy (non-hydrogen) atoms. The Hall–Kier alpha value is -1.87. The summed E-state index contributed by atoms with van der Waals surface area (Å²) in [6.07, 6.45) is 3.28. The molecule has 2 aromatic carbocycles. The van der Waals surface area contributed by atoms with Gasteiger partial charge in [0.05, 0.1) is 5.56 Å². The molecule has 2 aromatic rings.